The van der Waals surface area contributed by atoms with Crippen LogP contribution in [-0.4, -0.2) is 37.7 Å². The average molecular weight is 381 g/mol. The second kappa shape index (κ2) is 7.48. The van der Waals surface area contributed by atoms with Crippen molar-refractivity contribution >= 4 is 34.4 Å². The number of carbonyl (C=O) groups is 1. The first-order valence-electron chi connectivity index (χ1n) is 8.90. The van der Waals surface area contributed by atoms with Crippen molar-refractivity contribution in [3.05, 3.63) is 52.7 Å². The highest BCUT2D eigenvalue weighted by molar-refractivity contribution is 7.99. The van der Waals surface area contributed by atoms with Crippen LogP contribution < -0.4 is 10.5 Å². The van der Waals surface area contributed by atoms with Gasteiger partial charge in [-0.15, -0.1) is 0 Å². The predicted octanol–water partition coefficient (Wildman–Crippen LogP) is 2.28. The van der Waals surface area contributed by atoms with Crippen molar-refractivity contribution in [1.29, 1.82) is 0 Å². The zero-order valence-corrected chi connectivity index (χ0v) is 15.8. The maximum Gasteiger partial charge on any atom is 0.264 e. The van der Waals surface area contributed by atoms with Gasteiger partial charge < -0.3 is 4.90 Å². The molecule has 0 saturated carbocycles. The average Bonchev–Trinajstić information content (AvgIpc) is 2.70. The van der Waals surface area contributed by atoms with Crippen molar-refractivity contribution in [2.24, 2.45) is 0 Å². The normalized spacial score (nSPS) is 13.6. The van der Waals surface area contributed by atoms with E-state index in [1.807, 2.05) is 31.2 Å². The van der Waals surface area contributed by atoms with Gasteiger partial charge in [0.25, 0.3) is 5.56 Å². The number of aryl methyl sites for hydroxylation is 1. The lowest BCUT2D eigenvalue weighted by Crippen LogP contribution is -2.39. The summed E-state index contributed by atoms with van der Waals surface area (Å²) in [6.45, 7) is 2.61. The molecule has 0 bridgehead atoms. The van der Waals surface area contributed by atoms with Gasteiger partial charge in [0.05, 0.1) is 0 Å². The van der Waals surface area contributed by atoms with Crippen LogP contribution in [0.4, 0.5) is 5.69 Å². The first kappa shape index (κ1) is 17.7. The number of fused-ring (bicyclic) bond motifs is 2. The standard InChI is InChI=1S/C19H19N5O2S/c1-2-27-19-20-10-14-17(22-19)21-12-23(18(14)26)11-16(25)24-9-5-7-13-6-3-4-8-15(13)24/h3-4,6,8,10,12H,2,5,7,9,11H2,1H3. The topological polar surface area (TPSA) is 81.0 Å². The Labute approximate surface area is 160 Å². The Morgan fingerprint density at radius 1 is 1.26 bits per heavy atom. The highest BCUT2D eigenvalue weighted by Gasteiger charge is 2.22. The van der Waals surface area contributed by atoms with Crippen LogP contribution in [0.1, 0.15) is 18.9 Å². The van der Waals surface area contributed by atoms with E-state index in [-0.39, 0.29) is 18.0 Å². The molecule has 0 fully saturated rings. The van der Waals surface area contributed by atoms with Crippen LogP contribution in [0.15, 0.2) is 46.7 Å². The van der Waals surface area contributed by atoms with Gasteiger partial charge in [0.15, 0.2) is 10.8 Å². The minimum Gasteiger partial charge on any atom is -0.311 e. The second-order valence-electron chi connectivity index (χ2n) is 6.28. The zero-order valence-electron chi connectivity index (χ0n) is 15.0. The first-order valence-corrected chi connectivity index (χ1v) is 9.89. The molecule has 0 aliphatic carbocycles. The number of amides is 1. The summed E-state index contributed by atoms with van der Waals surface area (Å²) in [5.41, 5.74) is 2.15. The summed E-state index contributed by atoms with van der Waals surface area (Å²) in [5.74, 6) is 0.721. The molecule has 0 spiro atoms. The van der Waals surface area contributed by atoms with E-state index in [0.717, 1.165) is 29.8 Å². The second-order valence-corrected chi connectivity index (χ2v) is 7.51. The zero-order chi connectivity index (χ0) is 18.8. The van der Waals surface area contributed by atoms with E-state index in [1.165, 1.54) is 28.9 Å². The number of rotatable bonds is 4. The number of thioether (sulfide) groups is 1. The lowest BCUT2D eigenvalue weighted by atomic mass is 10.0. The monoisotopic (exact) mass is 381 g/mol. The molecule has 1 aliphatic heterocycles. The summed E-state index contributed by atoms with van der Waals surface area (Å²) >= 11 is 1.49. The fourth-order valence-corrected chi connectivity index (χ4v) is 3.81. The quantitative estimate of drug-likeness (QED) is 0.509. The van der Waals surface area contributed by atoms with Gasteiger partial charge in [0, 0.05) is 18.4 Å². The number of anilines is 1. The largest absolute Gasteiger partial charge is 0.311 e. The summed E-state index contributed by atoms with van der Waals surface area (Å²) in [6.07, 6.45) is 4.77. The van der Waals surface area contributed by atoms with Crippen LogP contribution in [0.25, 0.3) is 11.0 Å². The molecule has 0 N–H and O–H groups in total. The fourth-order valence-electron chi connectivity index (χ4n) is 3.27. The van der Waals surface area contributed by atoms with E-state index >= 15 is 0 Å². The molecular formula is C19H19N5O2S. The molecule has 8 heteroatoms. The summed E-state index contributed by atoms with van der Waals surface area (Å²) in [5, 5.41) is 0.917. The SMILES string of the molecule is CCSc1ncc2c(=O)n(CC(=O)N3CCCc4ccccc43)cnc2n1. The maximum atomic E-state index is 12.9. The molecule has 4 rings (SSSR count). The van der Waals surface area contributed by atoms with Gasteiger partial charge >= 0.3 is 0 Å². The van der Waals surface area contributed by atoms with Gasteiger partial charge in [-0.1, -0.05) is 36.9 Å². The van der Waals surface area contributed by atoms with Crippen molar-refractivity contribution in [2.45, 2.75) is 31.5 Å². The molecule has 7 nitrogen and oxygen atoms in total. The lowest BCUT2D eigenvalue weighted by molar-refractivity contribution is -0.119. The number of aromatic nitrogens is 4. The van der Waals surface area contributed by atoms with Crippen LogP contribution >= 0.6 is 11.8 Å². The molecule has 2 aromatic heterocycles. The Morgan fingerprint density at radius 3 is 2.96 bits per heavy atom. The Balaban J connectivity index is 1.62. The van der Waals surface area contributed by atoms with Gasteiger partial charge in [-0.05, 0) is 30.2 Å². The Hall–Kier alpha value is -2.74. The molecule has 138 valence electrons. The van der Waals surface area contributed by atoms with Crippen molar-refractivity contribution in [1.82, 2.24) is 19.5 Å². The summed E-state index contributed by atoms with van der Waals surface area (Å²) < 4.78 is 1.33. The smallest absolute Gasteiger partial charge is 0.264 e. The molecular weight excluding hydrogens is 362 g/mol. The molecule has 0 unspecified atom stereocenters. The van der Waals surface area contributed by atoms with Gasteiger partial charge in [-0.3, -0.25) is 14.2 Å². The Kier molecular flexibility index (Phi) is 4.89. The molecule has 3 aromatic rings. The van der Waals surface area contributed by atoms with Crippen molar-refractivity contribution in [2.75, 3.05) is 17.2 Å². The van der Waals surface area contributed by atoms with Gasteiger partial charge in [0.2, 0.25) is 5.91 Å². The number of benzene rings is 1. The third kappa shape index (κ3) is 3.44. The van der Waals surface area contributed by atoms with Crippen molar-refractivity contribution in [3.8, 4) is 0 Å². The Morgan fingerprint density at radius 2 is 2.11 bits per heavy atom. The third-order valence-electron chi connectivity index (χ3n) is 4.55. The summed E-state index contributed by atoms with van der Waals surface area (Å²) in [7, 11) is 0. The first-order chi connectivity index (χ1) is 13.2. The van der Waals surface area contributed by atoms with Gasteiger partial charge in [-0.2, -0.15) is 0 Å². The van der Waals surface area contributed by atoms with Gasteiger partial charge in [0.1, 0.15) is 18.3 Å². The van der Waals surface area contributed by atoms with E-state index in [9.17, 15) is 9.59 Å². The number of para-hydroxylation sites is 1. The van der Waals surface area contributed by atoms with E-state index in [2.05, 4.69) is 15.0 Å². The van der Waals surface area contributed by atoms with Crippen molar-refractivity contribution in [3.63, 3.8) is 0 Å². The van der Waals surface area contributed by atoms with E-state index in [4.69, 9.17) is 0 Å². The fraction of sp³-hybridized carbons (Fsp3) is 0.316. The molecule has 1 amide bonds. The highest BCUT2D eigenvalue weighted by atomic mass is 32.2. The number of hydrogen-bond donors (Lipinski definition) is 0. The summed E-state index contributed by atoms with van der Waals surface area (Å²) in [4.78, 5) is 40.1. The van der Waals surface area contributed by atoms with E-state index in [0.29, 0.717) is 22.7 Å². The van der Waals surface area contributed by atoms with Crippen LogP contribution in [0, 0.1) is 0 Å². The minimum absolute atomic E-state index is 0.0540. The molecule has 0 radical (unpaired) electrons. The van der Waals surface area contributed by atoms with Crippen LogP contribution in [-0.2, 0) is 17.8 Å². The molecule has 27 heavy (non-hydrogen) atoms. The summed E-state index contributed by atoms with van der Waals surface area (Å²) in [6, 6.07) is 7.91. The van der Waals surface area contributed by atoms with E-state index in [1.54, 1.807) is 4.90 Å². The van der Waals surface area contributed by atoms with E-state index < -0.39 is 0 Å². The lowest BCUT2D eigenvalue weighted by Gasteiger charge is -2.29. The van der Waals surface area contributed by atoms with Gasteiger partial charge in [-0.25, -0.2) is 15.0 Å². The molecule has 0 saturated heterocycles. The number of carbonyl (C=O) groups excluding carboxylic acids is 1. The molecule has 1 aromatic carbocycles. The number of hydrogen-bond acceptors (Lipinski definition) is 6. The van der Waals surface area contributed by atoms with Crippen LogP contribution in [0.5, 0.6) is 0 Å². The molecule has 1 aliphatic rings. The number of nitrogens with zero attached hydrogens (tertiary/aromatic N) is 5. The molecule has 0 atom stereocenters. The Bertz CT molecular complexity index is 1070. The third-order valence-corrected chi connectivity index (χ3v) is 5.29. The van der Waals surface area contributed by atoms with Crippen LogP contribution in [0.3, 0.4) is 0 Å². The maximum absolute atomic E-state index is 12.9. The van der Waals surface area contributed by atoms with Crippen molar-refractivity contribution < 1.29 is 4.79 Å². The predicted molar refractivity (Wildman–Crippen MR) is 105 cm³/mol. The molecule has 3 heterocycles. The highest BCUT2D eigenvalue weighted by Crippen LogP contribution is 2.26. The van der Waals surface area contributed by atoms with Crippen LogP contribution in [0.2, 0.25) is 0 Å². The minimum atomic E-state index is -0.299.